The van der Waals surface area contributed by atoms with Crippen LogP contribution in [0.2, 0.25) is 0 Å². The van der Waals surface area contributed by atoms with Gasteiger partial charge in [0.05, 0.1) is 0 Å². The van der Waals surface area contributed by atoms with Crippen LogP contribution in [0.3, 0.4) is 0 Å². The molecule has 2 atom stereocenters. The van der Waals surface area contributed by atoms with Crippen molar-refractivity contribution in [3.63, 3.8) is 0 Å². The van der Waals surface area contributed by atoms with Crippen LogP contribution in [0.1, 0.15) is 200 Å². The molecule has 290 valence electrons. The van der Waals surface area contributed by atoms with Crippen molar-refractivity contribution in [1.82, 2.24) is 5.32 Å². The lowest BCUT2D eigenvalue weighted by molar-refractivity contribution is -0.150. The first-order valence-electron chi connectivity index (χ1n) is 20.8. The Morgan fingerprint density at radius 2 is 1.04 bits per heavy atom. The molecule has 2 unspecified atom stereocenters. The fourth-order valence-electron chi connectivity index (χ4n) is 6.04. The Bertz CT molecular complexity index is 885. The van der Waals surface area contributed by atoms with E-state index in [0.717, 1.165) is 77.0 Å². The van der Waals surface area contributed by atoms with Crippen molar-refractivity contribution in [2.45, 2.75) is 212 Å². The standard InChI is InChI=1S/C43H78N2O5/c1-3-5-7-9-10-11-12-13-14-15-16-17-18-19-20-21-22-23-24-25-31-37-42(47)50-39(33-28-8-6-4-2)34-29-26-27-30-36-41(46)45-40(43(48)49)35-32-38-44/h12-13,15-16,18-19,39-40H,3-11,14,17,20-38,44H2,1-2H3,(H,45,46)(H,48,49)/b13-12-,16-15-,19-18-. The molecule has 0 aromatic carbocycles. The molecule has 0 heterocycles. The average molecular weight is 703 g/mol. The molecule has 0 aliphatic rings. The van der Waals surface area contributed by atoms with Gasteiger partial charge in [0.1, 0.15) is 12.1 Å². The zero-order valence-electron chi connectivity index (χ0n) is 32.5. The Morgan fingerprint density at radius 3 is 1.58 bits per heavy atom. The molecular weight excluding hydrogens is 624 g/mol. The monoisotopic (exact) mass is 703 g/mol. The molecule has 0 aliphatic carbocycles. The molecule has 1 amide bonds. The van der Waals surface area contributed by atoms with Gasteiger partial charge in [0.15, 0.2) is 0 Å². The second-order valence-electron chi connectivity index (χ2n) is 14.1. The van der Waals surface area contributed by atoms with Gasteiger partial charge in [0.2, 0.25) is 5.91 Å². The molecular formula is C43H78N2O5. The maximum Gasteiger partial charge on any atom is 0.326 e. The van der Waals surface area contributed by atoms with Crippen LogP contribution < -0.4 is 11.1 Å². The lowest BCUT2D eigenvalue weighted by atomic mass is 10.0. The van der Waals surface area contributed by atoms with E-state index in [9.17, 15) is 19.5 Å². The van der Waals surface area contributed by atoms with Crippen LogP contribution in [-0.2, 0) is 19.1 Å². The number of hydrogen-bond acceptors (Lipinski definition) is 5. The van der Waals surface area contributed by atoms with Crippen molar-refractivity contribution in [1.29, 1.82) is 0 Å². The summed E-state index contributed by atoms with van der Waals surface area (Å²) < 4.78 is 5.93. The summed E-state index contributed by atoms with van der Waals surface area (Å²) in [5.41, 5.74) is 5.47. The first-order chi connectivity index (χ1) is 24.4. The number of allylic oxidation sites excluding steroid dienone is 6. The van der Waals surface area contributed by atoms with Crippen molar-refractivity contribution >= 4 is 17.8 Å². The average Bonchev–Trinajstić information content (AvgIpc) is 3.10. The van der Waals surface area contributed by atoms with E-state index >= 15 is 0 Å². The third-order valence-electron chi connectivity index (χ3n) is 9.21. The third-order valence-corrected chi connectivity index (χ3v) is 9.21. The number of nitrogens with one attached hydrogen (secondary N) is 1. The molecule has 0 spiro atoms. The number of carboxylic acid groups (broad SMARTS) is 1. The Morgan fingerprint density at radius 1 is 0.580 bits per heavy atom. The van der Waals surface area contributed by atoms with Crippen molar-refractivity contribution in [2.75, 3.05) is 6.54 Å². The van der Waals surface area contributed by atoms with Gasteiger partial charge in [0, 0.05) is 12.8 Å². The Balaban J connectivity index is 3.99. The summed E-state index contributed by atoms with van der Waals surface area (Å²) in [6, 6.07) is -0.864. The van der Waals surface area contributed by atoms with E-state index in [0.29, 0.717) is 32.2 Å². The Kier molecular flexibility index (Phi) is 36.0. The summed E-state index contributed by atoms with van der Waals surface area (Å²) in [5.74, 6) is -1.29. The smallest absolute Gasteiger partial charge is 0.326 e. The van der Waals surface area contributed by atoms with E-state index in [-0.39, 0.29) is 18.0 Å². The number of carbonyl (C=O) groups is 3. The van der Waals surface area contributed by atoms with Gasteiger partial charge < -0.3 is 20.9 Å². The van der Waals surface area contributed by atoms with Gasteiger partial charge >= 0.3 is 11.9 Å². The number of unbranched alkanes of at least 4 members (excludes halogenated alkanes) is 17. The molecule has 7 nitrogen and oxygen atoms in total. The first kappa shape index (κ1) is 47.6. The largest absolute Gasteiger partial charge is 0.480 e. The predicted octanol–water partition coefficient (Wildman–Crippen LogP) is 11.4. The molecule has 7 heteroatoms. The predicted molar refractivity (Wildman–Crippen MR) is 211 cm³/mol. The SMILES string of the molecule is CCCCCCC/C=C\C/C=C\C/C=C\CCCCCCCCC(=O)OC(CCCCCC)CCCCCCC(=O)NC(CCCN)C(=O)O. The van der Waals surface area contributed by atoms with Gasteiger partial charge in [-0.3, -0.25) is 9.59 Å². The number of aliphatic carboxylic acids is 1. The van der Waals surface area contributed by atoms with Gasteiger partial charge in [-0.1, -0.05) is 134 Å². The molecule has 0 aromatic heterocycles. The van der Waals surface area contributed by atoms with E-state index in [1.54, 1.807) is 0 Å². The van der Waals surface area contributed by atoms with E-state index < -0.39 is 12.0 Å². The maximum atomic E-state index is 12.6. The summed E-state index contributed by atoms with van der Waals surface area (Å²) in [5, 5.41) is 11.9. The number of nitrogens with two attached hydrogens (primary N) is 1. The molecule has 50 heavy (non-hydrogen) atoms. The summed E-state index contributed by atoms with van der Waals surface area (Å²) in [6.45, 7) is 4.87. The highest BCUT2D eigenvalue weighted by atomic mass is 16.5. The fraction of sp³-hybridized carbons (Fsp3) is 0.791. The third kappa shape index (κ3) is 34.1. The summed E-state index contributed by atoms with van der Waals surface area (Å²) in [4.78, 5) is 36.1. The second-order valence-corrected chi connectivity index (χ2v) is 14.1. The van der Waals surface area contributed by atoms with Gasteiger partial charge in [-0.25, -0.2) is 4.79 Å². The van der Waals surface area contributed by atoms with Crippen molar-refractivity contribution < 1.29 is 24.2 Å². The Labute approximate surface area is 307 Å². The normalized spacial score (nSPS) is 13.0. The van der Waals surface area contributed by atoms with Crippen molar-refractivity contribution in [2.24, 2.45) is 5.73 Å². The molecule has 0 fully saturated rings. The summed E-state index contributed by atoms with van der Waals surface area (Å²) in [6.07, 6.45) is 43.5. The number of carboxylic acids is 1. The van der Waals surface area contributed by atoms with Crippen molar-refractivity contribution in [3.8, 4) is 0 Å². The van der Waals surface area contributed by atoms with E-state index in [1.807, 2.05) is 0 Å². The van der Waals surface area contributed by atoms with Gasteiger partial charge in [-0.05, 0) is 96.4 Å². The summed E-state index contributed by atoms with van der Waals surface area (Å²) >= 11 is 0. The lowest BCUT2D eigenvalue weighted by Crippen LogP contribution is -2.40. The van der Waals surface area contributed by atoms with Crippen LogP contribution in [0.25, 0.3) is 0 Å². The maximum absolute atomic E-state index is 12.6. The Hall–Kier alpha value is -2.41. The minimum atomic E-state index is -1.01. The minimum Gasteiger partial charge on any atom is -0.480 e. The minimum absolute atomic E-state index is 0.0168. The molecule has 4 N–H and O–H groups in total. The first-order valence-corrected chi connectivity index (χ1v) is 20.8. The quantitative estimate of drug-likeness (QED) is 0.0337. The van der Waals surface area contributed by atoms with Crippen LogP contribution in [0.5, 0.6) is 0 Å². The number of hydrogen-bond donors (Lipinski definition) is 3. The topological polar surface area (TPSA) is 119 Å². The van der Waals surface area contributed by atoms with E-state index in [4.69, 9.17) is 10.5 Å². The fourth-order valence-corrected chi connectivity index (χ4v) is 6.04. The lowest BCUT2D eigenvalue weighted by Gasteiger charge is -2.18. The van der Waals surface area contributed by atoms with Crippen LogP contribution in [-0.4, -0.2) is 41.6 Å². The molecule has 0 saturated carbocycles. The molecule has 0 rings (SSSR count). The molecule has 0 radical (unpaired) electrons. The highest BCUT2D eigenvalue weighted by Gasteiger charge is 2.19. The number of rotatable bonds is 37. The zero-order valence-corrected chi connectivity index (χ0v) is 32.5. The summed E-state index contributed by atoms with van der Waals surface area (Å²) in [7, 11) is 0. The number of esters is 1. The molecule has 0 saturated heterocycles. The van der Waals surface area contributed by atoms with Crippen LogP contribution >= 0.6 is 0 Å². The number of amides is 1. The highest BCUT2D eigenvalue weighted by molar-refractivity contribution is 5.83. The van der Waals surface area contributed by atoms with Gasteiger partial charge in [-0.15, -0.1) is 0 Å². The molecule has 0 bridgehead atoms. The van der Waals surface area contributed by atoms with Crippen molar-refractivity contribution in [3.05, 3.63) is 36.5 Å². The van der Waals surface area contributed by atoms with E-state index in [2.05, 4.69) is 55.6 Å². The van der Waals surface area contributed by atoms with Crippen LogP contribution in [0.4, 0.5) is 0 Å². The zero-order chi connectivity index (χ0) is 36.8. The second kappa shape index (κ2) is 37.8. The van der Waals surface area contributed by atoms with E-state index in [1.165, 1.54) is 83.5 Å². The van der Waals surface area contributed by atoms with Gasteiger partial charge in [-0.2, -0.15) is 0 Å². The molecule has 0 aromatic rings. The highest BCUT2D eigenvalue weighted by Crippen LogP contribution is 2.18. The number of ether oxygens (including phenoxy) is 1. The number of carbonyl (C=O) groups excluding carboxylic acids is 2. The van der Waals surface area contributed by atoms with Gasteiger partial charge in [0.25, 0.3) is 0 Å². The van der Waals surface area contributed by atoms with Crippen LogP contribution in [0.15, 0.2) is 36.5 Å². The van der Waals surface area contributed by atoms with Crippen LogP contribution in [0, 0.1) is 0 Å². The molecule has 0 aliphatic heterocycles.